The topological polar surface area (TPSA) is 27.0 Å². The van der Waals surface area contributed by atoms with Crippen LogP contribution in [0, 0.1) is 11.3 Å². The summed E-state index contributed by atoms with van der Waals surface area (Å²) in [6, 6.07) is 16.9. The number of benzene rings is 2. The first-order chi connectivity index (χ1) is 11.0. The highest BCUT2D eigenvalue weighted by Gasteiger charge is 2.24. The molecule has 1 aliphatic heterocycles. The summed E-state index contributed by atoms with van der Waals surface area (Å²) in [6.45, 7) is 9.87. The van der Waals surface area contributed by atoms with Gasteiger partial charge < -0.3 is 0 Å². The Balaban J connectivity index is 1.80. The third-order valence-electron chi connectivity index (χ3n) is 4.62. The third kappa shape index (κ3) is 3.46. The van der Waals surface area contributed by atoms with Gasteiger partial charge in [0.1, 0.15) is 0 Å². The van der Waals surface area contributed by atoms with Crippen LogP contribution in [-0.4, -0.2) is 11.4 Å². The van der Waals surface area contributed by atoms with E-state index in [-0.39, 0.29) is 5.41 Å². The highest BCUT2D eigenvalue weighted by molar-refractivity contribution is 5.41. The lowest BCUT2D eigenvalue weighted by Gasteiger charge is -2.33. The molecule has 0 saturated carbocycles. The zero-order chi connectivity index (χ0) is 16.4. The van der Waals surface area contributed by atoms with Gasteiger partial charge in [-0.3, -0.25) is 4.90 Å². The van der Waals surface area contributed by atoms with E-state index in [4.69, 9.17) is 5.26 Å². The summed E-state index contributed by atoms with van der Waals surface area (Å²) in [5.74, 6) is 0. The lowest BCUT2D eigenvalue weighted by molar-refractivity contribution is 0.244. The predicted molar refractivity (Wildman–Crippen MR) is 94.1 cm³/mol. The molecule has 2 nitrogen and oxygen atoms in total. The molecule has 2 aromatic carbocycles. The number of rotatable bonds is 2. The molecule has 0 radical (unpaired) electrons. The third-order valence-corrected chi connectivity index (χ3v) is 4.62. The van der Waals surface area contributed by atoms with Gasteiger partial charge in [0, 0.05) is 19.6 Å². The monoisotopic (exact) mass is 304 g/mol. The maximum absolute atomic E-state index is 9.04. The maximum Gasteiger partial charge on any atom is 0.0991 e. The molecule has 3 rings (SSSR count). The summed E-state index contributed by atoms with van der Waals surface area (Å²) in [7, 11) is 0. The molecule has 0 fully saturated rings. The van der Waals surface area contributed by atoms with E-state index in [2.05, 4.69) is 56.0 Å². The SMILES string of the molecule is CC(C)(C)c1cccc2c1CCN(Cc1cccc(C#N)c1)C2. The van der Waals surface area contributed by atoms with Crippen LogP contribution in [0.1, 0.15) is 48.6 Å². The molecule has 0 bridgehead atoms. The van der Waals surface area contributed by atoms with Gasteiger partial charge in [-0.15, -0.1) is 0 Å². The second-order valence-corrected chi connectivity index (χ2v) is 7.47. The van der Waals surface area contributed by atoms with Gasteiger partial charge >= 0.3 is 0 Å². The van der Waals surface area contributed by atoms with Crippen LogP contribution in [0.15, 0.2) is 42.5 Å². The fourth-order valence-electron chi connectivity index (χ4n) is 3.50. The molecule has 23 heavy (non-hydrogen) atoms. The lowest BCUT2D eigenvalue weighted by atomic mass is 9.80. The molecule has 0 saturated heterocycles. The van der Waals surface area contributed by atoms with Crippen LogP contribution in [0.25, 0.3) is 0 Å². The van der Waals surface area contributed by atoms with Gasteiger partial charge in [-0.25, -0.2) is 0 Å². The highest BCUT2D eigenvalue weighted by Crippen LogP contribution is 2.31. The second kappa shape index (κ2) is 6.18. The van der Waals surface area contributed by atoms with E-state index in [1.165, 1.54) is 16.7 Å². The number of nitriles is 1. The minimum atomic E-state index is 0.203. The van der Waals surface area contributed by atoms with Crippen LogP contribution in [0.2, 0.25) is 0 Å². The Hall–Kier alpha value is -2.11. The molecule has 0 N–H and O–H groups in total. The molecule has 118 valence electrons. The summed E-state index contributed by atoms with van der Waals surface area (Å²) < 4.78 is 0. The van der Waals surface area contributed by atoms with Crippen molar-refractivity contribution in [3.05, 3.63) is 70.3 Å². The first-order valence-corrected chi connectivity index (χ1v) is 8.30. The van der Waals surface area contributed by atoms with Crippen molar-refractivity contribution < 1.29 is 0 Å². The van der Waals surface area contributed by atoms with Crippen LogP contribution >= 0.6 is 0 Å². The molecular weight excluding hydrogens is 280 g/mol. The van der Waals surface area contributed by atoms with Crippen molar-refractivity contribution in [2.24, 2.45) is 0 Å². The van der Waals surface area contributed by atoms with Gasteiger partial charge in [0.05, 0.1) is 11.6 Å². The molecule has 0 amide bonds. The van der Waals surface area contributed by atoms with E-state index in [0.29, 0.717) is 0 Å². The summed E-state index contributed by atoms with van der Waals surface area (Å²) in [6.07, 6.45) is 1.11. The van der Waals surface area contributed by atoms with Crippen molar-refractivity contribution in [1.82, 2.24) is 4.90 Å². The standard InChI is InChI=1S/C21H24N2/c1-21(2,3)20-9-5-8-18-15-23(11-10-19(18)20)14-17-7-4-6-16(12-17)13-22/h4-9,12H,10-11,14-15H2,1-3H3. The first-order valence-electron chi connectivity index (χ1n) is 8.30. The minimum absolute atomic E-state index is 0.203. The summed E-state index contributed by atoms with van der Waals surface area (Å²) in [5, 5.41) is 9.04. The zero-order valence-corrected chi connectivity index (χ0v) is 14.3. The molecule has 0 unspecified atom stereocenters. The van der Waals surface area contributed by atoms with Crippen LogP contribution in [0.3, 0.4) is 0 Å². The number of hydrogen-bond donors (Lipinski definition) is 0. The zero-order valence-electron chi connectivity index (χ0n) is 14.3. The van der Waals surface area contributed by atoms with Gasteiger partial charge in [0.2, 0.25) is 0 Å². The van der Waals surface area contributed by atoms with Crippen molar-refractivity contribution in [1.29, 1.82) is 5.26 Å². The molecular formula is C21H24N2. The lowest BCUT2D eigenvalue weighted by Crippen LogP contribution is -2.32. The fourth-order valence-corrected chi connectivity index (χ4v) is 3.50. The molecule has 0 atom stereocenters. The smallest absolute Gasteiger partial charge is 0.0991 e. The van der Waals surface area contributed by atoms with Gasteiger partial charge in [0.15, 0.2) is 0 Å². The molecule has 1 aliphatic rings. The van der Waals surface area contributed by atoms with Crippen LogP contribution in [0.5, 0.6) is 0 Å². The van der Waals surface area contributed by atoms with Gasteiger partial charge in [-0.2, -0.15) is 5.26 Å². The Morgan fingerprint density at radius 3 is 2.65 bits per heavy atom. The Kier molecular flexibility index (Phi) is 4.24. The normalized spacial score (nSPS) is 15.0. The summed E-state index contributed by atoms with van der Waals surface area (Å²) >= 11 is 0. The van der Waals surface area contributed by atoms with Crippen molar-refractivity contribution in [2.75, 3.05) is 6.54 Å². The average molecular weight is 304 g/mol. The fraction of sp³-hybridized carbons (Fsp3) is 0.381. The molecule has 0 aromatic heterocycles. The minimum Gasteiger partial charge on any atom is -0.294 e. The van der Waals surface area contributed by atoms with Crippen molar-refractivity contribution in [3.8, 4) is 6.07 Å². The van der Waals surface area contributed by atoms with E-state index >= 15 is 0 Å². The summed E-state index contributed by atoms with van der Waals surface area (Å²) in [5.41, 5.74) is 6.66. The predicted octanol–water partition coefficient (Wildman–Crippen LogP) is 4.41. The molecule has 2 aromatic rings. The second-order valence-electron chi connectivity index (χ2n) is 7.47. The Bertz CT molecular complexity index is 747. The Morgan fingerprint density at radius 2 is 1.91 bits per heavy atom. The summed E-state index contributed by atoms with van der Waals surface area (Å²) in [4.78, 5) is 2.48. The van der Waals surface area contributed by atoms with Crippen LogP contribution in [-0.2, 0) is 24.9 Å². The first kappa shape index (κ1) is 15.8. The van der Waals surface area contributed by atoms with Gasteiger partial charge in [-0.1, -0.05) is 51.1 Å². The van der Waals surface area contributed by atoms with E-state index in [9.17, 15) is 0 Å². The maximum atomic E-state index is 9.04. The largest absolute Gasteiger partial charge is 0.294 e. The van der Waals surface area contributed by atoms with E-state index in [1.807, 2.05) is 18.2 Å². The Morgan fingerprint density at radius 1 is 1.13 bits per heavy atom. The number of nitrogens with zero attached hydrogens (tertiary/aromatic N) is 2. The van der Waals surface area contributed by atoms with Crippen molar-refractivity contribution in [2.45, 2.75) is 45.7 Å². The molecule has 0 spiro atoms. The number of fused-ring (bicyclic) bond motifs is 1. The molecule has 2 heteroatoms. The van der Waals surface area contributed by atoms with E-state index in [1.54, 1.807) is 5.56 Å². The van der Waals surface area contributed by atoms with Crippen LogP contribution in [0.4, 0.5) is 0 Å². The van der Waals surface area contributed by atoms with Crippen molar-refractivity contribution in [3.63, 3.8) is 0 Å². The average Bonchev–Trinajstić information content (AvgIpc) is 2.53. The van der Waals surface area contributed by atoms with Gasteiger partial charge in [-0.05, 0) is 46.2 Å². The van der Waals surface area contributed by atoms with E-state index < -0.39 is 0 Å². The van der Waals surface area contributed by atoms with E-state index in [0.717, 1.165) is 31.6 Å². The molecule has 0 aliphatic carbocycles. The quantitative estimate of drug-likeness (QED) is 0.821. The van der Waals surface area contributed by atoms with Crippen LogP contribution < -0.4 is 0 Å². The van der Waals surface area contributed by atoms with Crippen molar-refractivity contribution >= 4 is 0 Å². The number of hydrogen-bond acceptors (Lipinski definition) is 2. The molecule has 1 heterocycles. The highest BCUT2D eigenvalue weighted by atomic mass is 15.1. The van der Waals surface area contributed by atoms with Gasteiger partial charge in [0.25, 0.3) is 0 Å². The Labute approximate surface area is 139 Å².